The first-order valence-corrected chi connectivity index (χ1v) is 8.59. The zero-order valence-electron chi connectivity index (χ0n) is 14.6. The molecule has 26 heavy (non-hydrogen) atoms. The molecular formula is C22H20N2O2. The van der Waals surface area contributed by atoms with Crippen molar-refractivity contribution in [3.8, 4) is 11.5 Å². The van der Waals surface area contributed by atoms with Gasteiger partial charge >= 0.3 is 0 Å². The normalized spacial score (nSPS) is 18.7. The van der Waals surface area contributed by atoms with E-state index in [0.717, 1.165) is 22.7 Å². The Morgan fingerprint density at radius 1 is 0.846 bits per heavy atom. The lowest BCUT2D eigenvalue weighted by molar-refractivity contribution is 0.268. The Morgan fingerprint density at radius 2 is 1.46 bits per heavy atom. The molecule has 0 bridgehead atoms. The average molecular weight is 344 g/mol. The molecule has 1 N–H and O–H groups in total. The number of nitrogens with zero attached hydrogens (tertiary/aromatic N) is 1. The van der Waals surface area contributed by atoms with Crippen LogP contribution in [0.2, 0.25) is 0 Å². The highest BCUT2D eigenvalue weighted by Gasteiger charge is 2.33. The van der Waals surface area contributed by atoms with E-state index in [4.69, 9.17) is 14.5 Å². The van der Waals surface area contributed by atoms with Gasteiger partial charge in [0.2, 0.25) is 0 Å². The Balaban J connectivity index is 1.48. The van der Waals surface area contributed by atoms with Crippen molar-refractivity contribution in [2.75, 3.05) is 11.9 Å². The number of aliphatic imine (C=N–C) groups is 1. The third-order valence-corrected chi connectivity index (χ3v) is 4.32. The number of hydrogen-bond acceptors (Lipinski definition) is 4. The monoisotopic (exact) mass is 344 g/mol. The van der Waals surface area contributed by atoms with Gasteiger partial charge < -0.3 is 14.8 Å². The largest absolute Gasteiger partial charge is 0.462 e. The number of hydrogen-bond donors (Lipinski definition) is 1. The van der Waals surface area contributed by atoms with Crippen LogP contribution < -0.4 is 10.1 Å². The molecule has 1 atom stereocenters. The van der Waals surface area contributed by atoms with E-state index in [-0.39, 0.29) is 0 Å². The summed E-state index contributed by atoms with van der Waals surface area (Å²) in [5, 5.41) is 3.21. The smallest absolute Gasteiger partial charge is 0.290 e. The summed E-state index contributed by atoms with van der Waals surface area (Å²) in [6.45, 7) is 2.57. The molecule has 0 saturated carbocycles. The number of amidine groups is 1. The SMILES string of the molecule is CC1(c2ccc(Oc3ccccc3)cc2)COC(Nc2ccccc2)=N1. The van der Waals surface area contributed by atoms with Crippen LogP contribution in [0.1, 0.15) is 12.5 Å². The van der Waals surface area contributed by atoms with Crippen LogP contribution in [0.25, 0.3) is 0 Å². The van der Waals surface area contributed by atoms with E-state index in [1.54, 1.807) is 0 Å². The lowest BCUT2D eigenvalue weighted by Gasteiger charge is -2.18. The van der Waals surface area contributed by atoms with Gasteiger partial charge in [-0.05, 0) is 48.9 Å². The molecule has 130 valence electrons. The lowest BCUT2D eigenvalue weighted by atomic mass is 9.94. The maximum atomic E-state index is 5.85. The molecule has 4 heteroatoms. The molecule has 1 aliphatic rings. The van der Waals surface area contributed by atoms with Crippen LogP contribution in [0.15, 0.2) is 89.9 Å². The van der Waals surface area contributed by atoms with Crippen LogP contribution in [0.3, 0.4) is 0 Å². The fourth-order valence-corrected chi connectivity index (χ4v) is 2.86. The van der Waals surface area contributed by atoms with Gasteiger partial charge in [-0.3, -0.25) is 0 Å². The first-order valence-electron chi connectivity index (χ1n) is 8.59. The molecule has 0 spiro atoms. The predicted molar refractivity (Wildman–Crippen MR) is 104 cm³/mol. The van der Waals surface area contributed by atoms with Gasteiger partial charge in [0.05, 0.1) is 0 Å². The maximum Gasteiger partial charge on any atom is 0.290 e. The fourth-order valence-electron chi connectivity index (χ4n) is 2.86. The number of rotatable bonds is 4. The molecule has 0 amide bonds. The van der Waals surface area contributed by atoms with E-state index >= 15 is 0 Å². The van der Waals surface area contributed by atoms with Crippen molar-refractivity contribution in [2.45, 2.75) is 12.5 Å². The minimum absolute atomic E-state index is 0.414. The van der Waals surface area contributed by atoms with Gasteiger partial charge in [0.15, 0.2) is 0 Å². The molecular weight excluding hydrogens is 324 g/mol. The van der Waals surface area contributed by atoms with Gasteiger partial charge in [0.1, 0.15) is 23.6 Å². The molecule has 0 aromatic heterocycles. The minimum atomic E-state index is -0.414. The summed E-state index contributed by atoms with van der Waals surface area (Å²) in [5.41, 5.74) is 1.63. The van der Waals surface area contributed by atoms with Crippen LogP contribution in [0.5, 0.6) is 11.5 Å². The Hall–Kier alpha value is -3.27. The van der Waals surface area contributed by atoms with Crippen LogP contribution in [0.4, 0.5) is 5.69 Å². The molecule has 4 nitrogen and oxygen atoms in total. The summed E-state index contributed by atoms with van der Waals surface area (Å²) in [7, 11) is 0. The molecule has 4 rings (SSSR count). The molecule has 0 radical (unpaired) electrons. The molecule has 3 aromatic rings. The standard InChI is InChI=1S/C22H20N2O2/c1-22(16-25-21(24-22)23-18-8-4-2-5-9-18)17-12-14-20(15-13-17)26-19-10-6-3-7-11-19/h2-15H,16H2,1H3,(H,23,24). The van der Waals surface area contributed by atoms with Crippen molar-refractivity contribution < 1.29 is 9.47 Å². The third-order valence-electron chi connectivity index (χ3n) is 4.32. The third kappa shape index (κ3) is 3.54. The van der Waals surface area contributed by atoms with Gasteiger partial charge in [0.25, 0.3) is 6.02 Å². The van der Waals surface area contributed by atoms with Gasteiger partial charge in [-0.2, -0.15) is 0 Å². The number of para-hydroxylation sites is 2. The highest BCUT2D eigenvalue weighted by Crippen LogP contribution is 2.32. The Labute approximate surface area is 153 Å². The highest BCUT2D eigenvalue weighted by atomic mass is 16.5. The van der Waals surface area contributed by atoms with Crippen molar-refractivity contribution >= 4 is 11.7 Å². The zero-order valence-corrected chi connectivity index (χ0v) is 14.6. The van der Waals surface area contributed by atoms with E-state index in [2.05, 4.69) is 12.2 Å². The summed E-state index contributed by atoms with van der Waals surface area (Å²) < 4.78 is 11.6. The molecule has 0 fully saturated rings. The summed E-state index contributed by atoms with van der Waals surface area (Å²) in [6.07, 6.45) is 0. The Morgan fingerprint density at radius 3 is 2.15 bits per heavy atom. The topological polar surface area (TPSA) is 42.9 Å². The minimum Gasteiger partial charge on any atom is -0.462 e. The average Bonchev–Trinajstić information content (AvgIpc) is 3.06. The van der Waals surface area contributed by atoms with Gasteiger partial charge in [-0.1, -0.05) is 48.5 Å². The van der Waals surface area contributed by atoms with Crippen LogP contribution in [-0.2, 0) is 10.3 Å². The predicted octanol–water partition coefficient (Wildman–Crippen LogP) is 5.19. The molecule has 0 aliphatic carbocycles. The first-order chi connectivity index (χ1) is 12.7. The van der Waals surface area contributed by atoms with E-state index in [1.807, 2.05) is 84.9 Å². The number of nitrogens with one attached hydrogen (secondary N) is 1. The van der Waals surface area contributed by atoms with E-state index < -0.39 is 5.54 Å². The Bertz CT molecular complexity index is 892. The lowest BCUT2D eigenvalue weighted by Crippen LogP contribution is -2.20. The summed E-state index contributed by atoms with van der Waals surface area (Å²) in [4.78, 5) is 4.74. The van der Waals surface area contributed by atoms with Crippen molar-refractivity contribution in [1.82, 2.24) is 0 Å². The van der Waals surface area contributed by atoms with Gasteiger partial charge in [-0.15, -0.1) is 0 Å². The quantitative estimate of drug-likeness (QED) is 0.708. The highest BCUT2D eigenvalue weighted by molar-refractivity contribution is 5.90. The van der Waals surface area contributed by atoms with Crippen LogP contribution in [0, 0.1) is 0 Å². The second kappa shape index (κ2) is 6.92. The molecule has 1 aliphatic heterocycles. The first kappa shape index (κ1) is 16.2. The van der Waals surface area contributed by atoms with E-state index in [9.17, 15) is 0 Å². The van der Waals surface area contributed by atoms with Crippen molar-refractivity contribution in [3.05, 3.63) is 90.5 Å². The van der Waals surface area contributed by atoms with Crippen LogP contribution >= 0.6 is 0 Å². The zero-order chi connectivity index (χ0) is 17.8. The fraction of sp³-hybridized carbons (Fsp3) is 0.136. The van der Waals surface area contributed by atoms with Crippen molar-refractivity contribution in [2.24, 2.45) is 4.99 Å². The van der Waals surface area contributed by atoms with E-state index in [1.165, 1.54) is 0 Å². The molecule has 1 unspecified atom stereocenters. The summed E-state index contributed by atoms with van der Waals surface area (Å²) in [6, 6.07) is 28.2. The molecule has 1 heterocycles. The van der Waals surface area contributed by atoms with Crippen molar-refractivity contribution in [1.29, 1.82) is 0 Å². The van der Waals surface area contributed by atoms with Crippen molar-refractivity contribution in [3.63, 3.8) is 0 Å². The number of benzene rings is 3. The number of ether oxygens (including phenoxy) is 2. The van der Waals surface area contributed by atoms with Gasteiger partial charge in [0, 0.05) is 5.69 Å². The Kier molecular flexibility index (Phi) is 4.32. The van der Waals surface area contributed by atoms with Gasteiger partial charge in [-0.25, -0.2) is 4.99 Å². The summed E-state index contributed by atoms with van der Waals surface area (Å²) >= 11 is 0. The number of anilines is 1. The van der Waals surface area contributed by atoms with Crippen LogP contribution in [-0.4, -0.2) is 12.6 Å². The van der Waals surface area contributed by atoms with E-state index in [0.29, 0.717) is 12.6 Å². The molecule has 3 aromatic carbocycles. The summed E-state index contributed by atoms with van der Waals surface area (Å²) in [5.74, 6) is 1.62. The second-order valence-electron chi connectivity index (χ2n) is 6.41. The second-order valence-corrected chi connectivity index (χ2v) is 6.41. The maximum absolute atomic E-state index is 5.85. The molecule has 0 saturated heterocycles.